The molecule has 3 fully saturated rings. The molecule has 3 aromatic carbocycles. The quantitative estimate of drug-likeness (QED) is 0.307. The summed E-state index contributed by atoms with van der Waals surface area (Å²) in [5.74, 6) is -3.28. The first-order valence-electron chi connectivity index (χ1n) is 12.8. The molecule has 3 aliphatic rings. The number of halogens is 2. The van der Waals surface area contributed by atoms with Crippen molar-refractivity contribution in [3.05, 3.63) is 99.5 Å². The van der Waals surface area contributed by atoms with Gasteiger partial charge >= 0.3 is 6.03 Å². The third-order valence-electron chi connectivity index (χ3n) is 8.16. The van der Waals surface area contributed by atoms with Crippen LogP contribution in [0.15, 0.2) is 72.8 Å². The fourth-order valence-corrected chi connectivity index (χ4v) is 6.81. The van der Waals surface area contributed by atoms with E-state index in [4.69, 9.17) is 23.2 Å². The predicted molar refractivity (Wildman–Crippen MR) is 147 cm³/mol. The van der Waals surface area contributed by atoms with Crippen molar-refractivity contribution in [2.75, 3.05) is 11.4 Å². The van der Waals surface area contributed by atoms with Gasteiger partial charge in [-0.15, -0.1) is 0 Å². The van der Waals surface area contributed by atoms with E-state index in [0.717, 1.165) is 16.0 Å². The number of likely N-dealkylation sites (tertiary alicyclic amines) is 1. The number of amides is 5. The highest BCUT2D eigenvalue weighted by molar-refractivity contribution is 6.32. The Morgan fingerprint density at radius 3 is 2.18 bits per heavy atom. The largest absolute Gasteiger partial charge is 0.332 e. The number of fused-ring (bicyclic) bond motifs is 3. The predicted octanol–water partition coefficient (Wildman–Crippen LogP) is 5.43. The molecule has 0 aromatic heterocycles. The molecule has 0 saturated carbocycles. The Hall–Kier alpha value is -3.68. The van der Waals surface area contributed by atoms with E-state index in [9.17, 15) is 19.2 Å². The minimum Gasteiger partial charge on any atom is -0.300 e. The lowest BCUT2D eigenvalue weighted by atomic mass is 9.75. The van der Waals surface area contributed by atoms with E-state index in [2.05, 4.69) is 0 Å². The van der Waals surface area contributed by atoms with Crippen LogP contribution in [0.4, 0.5) is 10.5 Å². The van der Waals surface area contributed by atoms with Gasteiger partial charge in [0.15, 0.2) is 0 Å². The van der Waals surface area contributed by atoms with Gasteiger partial charge in [-0.25, -0.2) is 9.69 Å². The molecule has 3 unspecified atom stereocenters. The van der Waals surface area contributed by atoms with Crippen molar-refractivity contribution >= 4 is 52.6 Å². The number of hydrogen-bond acceptors (Lipinski definition) is 4. The highest BCUT2D eigenvalue weighted by Crippen LogP contribution is 2.59. The van der Waals surface area contributed by atoms with Gasteiger partial charge in [0.2, 0.25) is 11.8 Å². The van der Waals surface area contributed by atoms with Crippen molar-refractivity contribution in [2.24, 2.45) is 11.8 Å². The lowest BCUT2D eigenvalue weighted by molar-refractivity contribution is -0.144. The molecule has 0 N–H and O–H groups in total. The number of carbonyl (C=O) groups is 4. The first-order valence-corrected chi connectivity index (χ1v) is 13.5. The highest BCUT2D eigenvalue weighted by atomic mass is 35.5. The molecular formula is C30H25Cl2N3O4. The molecule has 6 rings (SSSR count). The summed E-state index contributed by atoms with van der Waals surface area (Å²) >= 11 is 12.4. The second-order valence-corrected chi connectivity index (χ2v) is 11.2. The molecule has 4 atom stereocenters. The summed E-state index contributed by atoms with van der Waals surface area (Å²) in [6.07, 6.45) is 0.0475. The van der Waals surface area contributed by atoms with Crippen LogP contribution < -0.4 is 4.90 Å². The maximum Gasteiger partial charge on any atom is 0.332 e. The third kappa shape index (κ3) is 3.63. The average Bonchev–Trinajstić information content (AvgIpc) is 3.43. The first-order chi connectivity index (χ1) is 18.7. The van der Waals surface area contributed by atoms with Crippen molar-refractivity contribution in [3.63, 3.8) is 0 Å². The van der Waals surface area contributed by atoms with Crippen molar-refractivity contribution in [1.29, 1.82) is 0 Å². The van der Waals surface area contributed by atoms with Crippen LogP contribution in [0, 0.1) is 18.8 Å². The molecule has 0 aliphatic carbocycles. The van der Waals surface area contributed by atoms with Crippen LogP contribution in [0.5, 0.6) is 0 Å². The van der Waals surface area contributed by atoms with Gasteiger partial charge in [0.1, 0.15) is 5.54 Å². The number of rotatable bonds is 5. The molecule has 9 heteroatoms. The molecule has 5 amide bonds. The topological polar surface area (TPSA) is 78.0 Å². The van der Waals surface area contributed by atoms with E-state index in [0.29, 0.717) is 21.3 Å². The van der Waals surface area contributed by atoms with E-state index in [1.165, 1.54) is 9.80 Å². The second kappa shape index (κ2) is 9.21. The first kappa shape index (κ1) is 25.6. The number of anilines is 1. The normalized spacial score (nSPS) is 26.1. The molecule has 0 bridgehead atoms. The van der Waals surface area contributed by atoms with E-state index in [1.807, 2.05) is 31.2 Å². The van der Waals surface area contributed by atoms with Crippen LogP contribution in [0.1, 0.15) is 29.7 Å². The van der Waals surface area contributed by atoms with Gasteiger partial charge in [0.25, 0.3) is 5.91 Å². The average molecular weight is 562 g/mol. The monoisotopic (exact) mass is 561 g/mol. The molecule has 7 nitrogen and oxygen atoms in total. The highest BCUT2D eigenvalue weighted by Gasteiger charge is 2.77. The number of aryl methyl sites for hydroxylation is 1. The second-order valence-electron chi connectivity index (χ2n) is 10.3. The van der Waals surface area contributed by atoms with Crippen LogP contribution in [0.2, 0.25) is 10.0 Å². The van der Waals surface area contributed by atoms with E-state index in [1.54, 1.807) is 55.5 Å². The van der Waals surface area contributed by atoms with Crippen molar-refractivity contribution < 1.29 is 19.2 Å². The summed E-state index contributed by atoms with van der Waals surface area (Å²) in [4.78, 5) is 60.5. The van der Waals surface area contributed by atoms with Crippen molar-refractivity contribution in [1.82, 2.24) is 9.80 Å². The van der Waals surface area contributed by atoms with Crippen LogP contribution in [-0.4, -0.2) is 45.6 Å². The Morgan fingerprint density at radius 1 is 0.846 bits per heavy atom. The van der Waals surface area contributed by atoms with Crippen LogP contribution in [0.3, 0.4) is 0 Å². The number of imide groups is 2. The summed E-state index contributed by atoms with van der Waals surface area (Å²) in [6.45, 7) is 3.87. The lowest BCUT2D eigenvalue weighted by Gasteiger charge is -2.35. The molecule has 198 valence electrons. The van der Waals surface area contributed by atoms with Gasteiger partial charge in [0, 0.05) is 23.0 Å². The summed E-state index contributed by atoms with van der Waals surface area (Å²) < 4.78 is 0. The third-order valence-corrected chi connectivity index (χ3v) is 8.65. The summed E-state index contributed by atoms with van der Waals surface area (Å²) in [5.41, 5.74) is 1.11. The summed E-state index contributed by atoms with van der Waals surface area (Å²) in [6, 6.07) is 19.6. The fraction of sp³-hybridized carbons (Fsp3) is 0.267. The summed E-state index contributed by atoms with van der Waals surface area (Å²) in [5, 5.41) is 0.887. The fourth-order valence-electron chi connectivity index (χ4n) is 6.50. The van der Waals surface area contributed by atoms with Gasteiger partial charge in [-0.05, 0) is 55.3 Å². The molecule has 3 aliphatic heterocycles. The number of nitrogens with zero attached hydrogens (tertiary/aromatic N) is 3. The maximum absolute atomic E-state index is 14.6. The minimum absolute atomic E-state index is 0.0475. The SMILES string of the molecule is CCN1C(=O)C2C(c3ccc(C)cc3)N3C(=O)N(c4cccc(Cl)c4)C(=O)[C@@]3(Cc3ccc(Cl)cc3)C2C1=O. The van der Waals surface area contributed by atoms with Gasteiger partial charge in [-0.3, -0.25) is 19.3 Å². The maximum atomic E-state index is 14.6. The van der Waals surface area contributed by atoms with Gasteiger partial charge in [-0.2, -0.15) is 0 Å². The van der Waals surface area contributed by atoms with Crippen LogP contribution >= 0.6 is 23.2 Å². The molecule has 3 heterocycles. The molecule has 3 saturated heterocycles. The molecule has 0 spiro atoms. The Morgan fingerprint density at radius 2 is 1.54 bits per heavy atom. The van der Waals surface area contributed by atoms with E-state index < -0.39 is 41.3 Å². The van der Waals surface area contributed by atoms with Gasteiger partial charge in [-0.1, -0.05) is 71.2 Å². The number of carbonyl (C=O) groups excluding carboxylic acids is 4. The van der Waals surface area contributed by atoms with Crippen molar-refractivity contribution in [3.8, 4) is 0 Å². The standard InChI is InChI=1S/C30H25Cl2N3O4/c1-3-33-26(36)23-24(27(33)37)30(16-18-9-13-20(31)14-10-18)28(38)34(22-6-4-5-21(32)15-22)29(39)35(30)25(23)19-11-7-17(2)8-12-19/h4-15,23-25H,3,16H2,1-2H3/t23?,24?,25?,30-/m1/s1. The van der Waals surface area contributed by atoms with Crippen molar-refractivity contribution in [2.45, 2.75) is 31.8 Å². The molecular weight excluding hydrogens is 537 g/mol. The Balaban J connectivity index is 1.61. The number of urea groups is 1. The lowest BCUT2D eigenvalue weighted by Crippen LogP contribution is -2.55. The number of hydrogen-bond donors (Lipinski definition) is 0. The van der Waals surface area contributed by atoms with Gasteiger partial charge in [0.05, 0.1) is 23.6 Å². The molecule has 3 aromatic rings. The summed E-state index contributed by atoms with van der Waals surface area (Å²) in [7, 11) is 0. The zero-order valence-electron chi connectivity index (χ0n) is 21.3. The molecule has 0 radical (unpaired) electrons. The Kier molecular flexibility index (Phi) is 6.04. The Bertz CT molecular complexity index is 1520. The van der Waals surface area contributed by atoms with E-state index >= 15 is 0 Å². The van der Waals surface area contributed by atoms with E-state index in [-0.39, 0.29) is 18.9 Å². The van der Waals surface area contributed by atoms with Gasteiger partial charge < -0.3 is 4.90 Å². The van der Waals surface area contributed by atoms with Crippen LogP contribution in [0.25, 0.3) is 0 Å². The smallest absolute Gasteiger partial charge is 0.300 e. The van der Waals surface area contributed by atoms with Crippen LogP contribution in [-0.2, 0) is 20.8 Å². The molecule has 39 heavy (non-hydrogen) atoms. The Labute approximate surface area is 235 Å². The minimum atomic E-state index is -1.62. The number of benzene rings is 3. The zero-order valence-corrected chi connectivity index (χ0v) is 22.8. The zero-order chi connectivity index (χ0) is 27.6.